The normalized spacial score (nSPS) is 14.6. The maximum Gasteiger partial charge on any atom is 0.161 e. The van der Waals surface area contributed by atoms with E-state index in [-0.39, 0.29) is 0 Å². The molecule has 5 heteroatoms. The second-order valence-electron chi connectivity index (χ2n) is 4.96. The van der Waals surface area contributed by atoms with E-state index in [2.05, 4.69) is 22.0 Å². The molecule has 18 heavy (non-hydrogen) atoms. The van der Waals surface area contributed by atoms with Crippen molar-refractivity contribution in [1.82, 2.24) is 10.2 Å². The fraction of sp³-hybridized carbons (Fsp3) is 0.615. The quantitative estimate of drug-likeness (QED) is 0.824. The van der Waals surface area contributed by atoms with Crippen LogP contribution in [-0.4, -0.2) is 28.3 Å². The van der Waals surface area contributed by atoms with Gasteiger partial charge in [0.15, 0.2) is 5.82 Å². The number of nitrogens with zero attached hydrogens (tertiary/aromatic N) is 3. The molecule has 98 valence electrons. The Morgan fingerprint density at radius 2 is 2.06 bits per heavy atom. The van der Waals surface area contributed by atoms with Gasteiger partial charge >= 0.3 is 0 Å². The van der Waals surface area contributed by atoms with Crippen LogP contribution < -0.4 is 10.6 Å². The van der Waals surface area contributed by atoms with Crippen molar-refractivity contribution < 1.29 is 0 Å². The summed E-state index contributed by atoms with van der Waals surface area (Å²) in [5.74, 6) is 1.65. The molecule has 1 aromatic heterocycles. The maximum atomic E-state index is 5.86. The summed E-state index contributed by atoms with van der Waals surface area (Å²) in [6, 6.07) is 0. The predicted molar refractivity (Wildman–Crippen MR) is 78.0 cm³/mol. The number of hydrogen-bond acceptors (Lipinski definition) is 4. The molecule has 1 saturated carbocycles. The van der Waals surface area contributed by atoms with Gasteiger partial charge in [-0.2, -0.15) is 5.10 Å². The molecule has 0 radical (unpaired) electrons. The highest BCUT2D eigenvalue weighted by Crippen LogP contribution is 2.32. The third-order valence-corrected chi connectivity index (χ3v) is 3.74. The number of anilines is 1. The molecular weight excluding hydrogens is 244 g/mol. The summed E-state index contributed by atoms with van der Waals surface area (Å²) in [4.78, 5) is 2.65. The van der Waals surface area contributed by atoms with E-state index in [1.54, 1.807) is 0 Å². The molecule has 0 unspecified atom stereocenters. The standard InChI is InChI=1S/C13H20N4S/c1-4-17(7-10-5-6-10)13-11(12(14)18)8(2)9(3)15-16-13/h10H,4-7H2,1-3H3,(H2,14,18). The van der Waals surface area contributed by atoms with E-state index in [0.29, 0.717) is 4.99 Å². The van der Waals surface area contributed by atoms with E-state index < -0.39 is 0 Å². The molecule has 2 N–H and O–H groups in total. The Balaban J connectivity index is 2.40. The van der Waals surface area contributed by atoms with Crippen LogP contribution in [0, 0.1) is 19.8 Å². The van der Waals surface area contributed by atoms with Gasteiger partial charge in [-0.25, -0.2) is 0 Å². The van der Waals surface area contributed by atoms with Gasteiger partial charge in [-0.1, -0.05) is 12.2 Å². The number of rotatable bonds is 5. The monoisotopic (exact) mass is 264 g/mol. The van der Waals surface area contributed by atoms with Crippen LogP contribution in [0.2, 0.25) is 0 Å². The van der Waals surface area contributed by atoms with Gasteiger partial charge in [0.05, 0.1) is 11.3 Å². The van der Waals surface area contributed by atoms with Crippen LogP contribution in [0.3, 0.4) is 0 Å². The van der Waals surface area contributed by atoms with Gasteiger partial charge < -0.3 is 10.6 Å². The fourth-order valence-corrected chi connectivity index (χ4v) is 2.33. The van der Waals surface area contributed by atoms with Gasteiger partial charge in [-0.3, -0.25) is 0 Å². The highest BCUT2D eigenvalue weighted by molar-refractivity contribution is 7.80. The third kappa shape index (κ3) is 2.61. The third-order valence-electron chi connectivity index (χ3n) is 3.54. The maximum absolute atomic E-state index is 5.86. The molecule has 1 aliphatic rings. The van der Waals surface area contributed by atoms with Gasteiger partial charge in [-0.05, 0) is 45.1 Å². The fourth-order valence-electron chi connectivity index (χ4n) is 2.09. The van der Waals surface area contributed by atoms with E-state index in [4.69, 9.17) is 18.0 Å². The number of aromatic nitrogens is 2. The molecule has 0 saturated heterocycles. The number of nitrogens with two attached hydrogens (primary N) is 1. The Morgan fingerprint density at radius 1 is 1.39 bits per heavy atom. The van der Waals surface area contributed by atoms with Gasteiger partial charge in [0.1, 0.15) is 4.99 Å². The highest BCUT2D eigenvalue weighted by atomic mass is 32.1. The Labute approximate surface area is 114 Å². The van der Waals surface area contributed by atoms with Gasteiger partial charge in [0.25, 0.3) is 0 Å². The molecule has 2 rings (SSSR count). The van der Waals surface area contributed by atoms with Gasteiger partial charge in [0.2, 0.25) is 0 Å². The number of aryl methyl sites for hydroxylation is 1. The number of thiocarbonyl (C=S) groups is 1. The highest BCUT2D eigenvalue weighted by Gasteiger charge is 2.26. The SMILES string of the molecule is CCN(CC1CC1)c1nnc(C)c(C)c1C(N)=S. The lowest BCUT2D eigenvalue weighted by Crippen LogP contribution is -2.30. The lowest BCUT2D eigenvalue weighted by Gasteiger charge is -2.24. The van der Waals surface area contributed by atoms with Crippen LogP contribution in [0.1, 0.15) is 36.6 Å². The van der Waals surface area contributed by atoms with Crippen LogP contribution in [0.4, 0.5) is 5.82 Å². The largest absolute Gasteiger partial charge is 0.389 e. The lowest BCUT2D eigenvalue weighted by molar-refractivity contribution is 0.720. The predicted octanol–water partition coefficient (Wildman–Crippen LogP) is 1.96. The smallest absolute Gasteiger partial charge is 0.161 e. The van der Waals surface area contributed by atoms with E-state index in [1.807, 2.05) is 13.8 Å². The average Bonchev–Trinajstić information content (AvgIpc) is 3.13. The van der Waals surface area contributed by atoms with Crippen molar-refractivity contribution in [1.29, 1.82) is 0 Å². The van der Waals surface area contributed by atoms with Crippen molar-refractivity contribution in [2.75, 3.05) is 18.0 Å². The molecule has 0 atom stereocenters. The summed E-state index contributed by atoms with van der Waals surface area (Å²) in [6.45, 7) is 8.01. The minimum atomic E-state index is 0.412. The Hall–Kier alpha value is -1.23. The van der Waals surface area contributed by atoms with Gasteiger partial charge in [-0.15, -0.1) is 5.10 Å². The van der Waals surface area contributed by atoms with Crippen LogP contribution in [0.5, 0.6) is 0 Å². The molecule has 1 aromatic rings. The minimum absolute atomic E-state index is 0.412. The van der Waals surface area contributed by atoms with Crippen molar-refractivity contribution in [2.45, 2.75) is 33.6 Å². The second-order valence-corrected chi connectivity index (χ2v) is 5.40. The van der Waals surface area contributed by atoms with Crippen molar-refractivity contribution in [3.8, 4) is 0 Å². The molecule has 0 spiro atoms. The summed E-state index contributed by atoms with van der Waals surface area (Å²) in [5.41, 5.74) is 8.69. The molecule has 1 aliphatic carbocycles. The molecule has 0 amide bonds. The topological polar surface area (TPSA) is 55.0 Å². The zero-order valence-corrected chi connectivity index (χ0v) is 12.0. The van der Waals surface area contributed by atoms with Gasteiger partial charge in [0, 0.05) is 13.1 Å². The summed E-state index contributed by atoms with van der Waals surface area (Å²) < 4.78 is 0. The summed E-state index contributed by atoms with van der Waals surface area (Å²) >= 11 is 5.18. The van der Waals surface area contributed by atoms with E-state index >= 15 is 0 Å². The van der Waals surface area contributed by atoms with Crippen LogP contribution in [0.15, 0.2) is 0 Å². The summed E-state index contributed by atoms with van der Waals surface area (Å²) in [5, 5.41) is 8.53. The first-order valence-corrected chi connectivity index (χ1v) is 6.84. The zero-order valence-electron chi connectivity index (χ0n) is 11.2. The molecule has 1 fully saturated rings. The Bertz CT molecular complexity index is 468. The van der Waals surface area contributed by atoms with E-state index in [9.17, 15) is 0 Å². The first-order chi connectivity index (χ1) is 8.54. The zero-order chi connectivity index (χ0) is 13.3. The van der Waals surface area contributed by atoms with E-state index in [1.165, 1.54) is 12.8 Å². The Morgan fingerprint density at radius 3 is 2.56 bits per heavy atom. The molecule has 0 aliphatic heterocycles. The molecule has 4 nitrogen and oxygen atoms in total. The van der Waals surface area contributed by atoms with Crippen molar-refractivity contribution in [3.63, 3.8) is 0 Å². The Kier molecular flexibility index (Phi) is 3.80. The molecule has 1 heterocycles. The summed E-state index contributed by atoms with van der Waals surface area (Å²) in [6.07, 6.45) is 2.63. The van der Waals surface area contributed by atoms with Crippen molar-refractivity contribution >= 4 is 23.0 Å². The van der Waals surface area contributed by atoms with Crippen molar-refractivity contribution in [3.05, 3.63) is 16.8 Å². The second kappa shape index (κ2) is 5.18. The lowest BCUT2D eigenvalue weighted by atomic mass is 10.1. The molecule has 0 aromatic carbocycles. The van der Waals surface area contributed by atoms with Crippen molar-refractivity contribution in [2.24, 2.45) is 11.7 Å². The van der Waals surface area contributed by atoms with E-state index in [0.717, 1.165) is 41.6 Å². The number of hydrogen-bond donors (Lipinski definition) is 1. The summed E-state index contributed by atoms with van der Waals surface area (Å²) in [7, 11) is 0. The average molecular weight is 264 g/mol. The van der Waals surface area contributed by atoms with Crippen LogP contribution >= 0.6 is 12.2 Å². The first kappa shape index (κ1) is 13.2. The van der Waals surface area contributed by atoms with Crippen LogP contribution in [0.25, 0.3) is 0 Å². The molecule has 0 bridgehead atoms. The first-order valence-electron chi connectivity index (χ1n) is 6.43. The van der Waals surface area contributed by atoms with Crippen LogP contribution in [-0.2, 0) is 0 Å². The minimum Gasteiger partial charge on any atom is -0.389 e. The molecular formula is C13H20N4S.